The number of rotatable bonds is 2. The van der Waals surface area contributed by atoms with E-state index < -0.39 is 0 Å². The van der Waals surface area contributed by atoms with Crippen LogP contribution in [-0.2, 0) is 4.74 Å². The van der Waals surface area contributed by atoms with E-state index in [2.05, 4.69) is 20.3 Å². The van der Waals surface area contributed by atoms with Gasteiger partial charge in [0.25, 0.3) is 0 Å². The van der Waals surface area contributed by atoms with Gasteiger partial charge in [-0.1, -0.05) is 6.42 Å². The van der Waals surface area contributed by atoms with E-state index in [0.29, 0.717) is 12.2 Å². The Balaban J connectivity index is 2.11. The normalized spacial score (nSPS) is 21.7. The second-order valence-corrected chi connectivity index (χ2v) is 2.89. The summed E-state index contributed by atoms with van der Waals surface area (Å²) in [7, 11) is 0. The number of ether oxygens (including phenoxy) is 1. The molecule has 0 aromatic heterocycles. The minimum atomic E-state index is 0.393. The predicted octanol–water partition coefficient (Wildman–Crippen LogP) is 2.17. The molecular weight excluding hydrogens is 112 g/mol. The first-order chi connectivity index (χ1) is 4.29. The van der Waals surface area contributed by atoms with Crippen molar-refractivity contribution in [3.63, 3.8) is 0 Å². The summed E-state index contributed by atoms with van der Waals surface area (Å²) >= 11 is 0. The monoisotopic (exact) mass is 127 g/mol. The molecular formula is C8H15O. The minimum Gasteiger partial charge on any atom is -0.375 e. The zero-order chi connectivity index (χ0) is 6.69. The van der Waals surface area contributed by atoms with E-state index in [1.807, 2.05) is 0 Å². The topological polar surface area (TPSA) is 9.23 Å². The van der Waals surface area contributed by atoms with Crippen LogP contribution in [0.5, 0.6) is 0 Å². The van der Waals surface area contributed by atoms with Crippen LogP contribution in [0, 0.1) is 6.42 Å². The molecule has 1 saturated carbocycles. The zero-order valence-corrected chi connectivity index (χ0v) is 6.26. The van der Waals surface area contributed by atoms with Crippen LogP contribution in [0.3, 0.4) is 0 Å². The molecule has 0 amide bonds. The molecule has 0 N–H and O–H groups in total. The summed E-state index contributed by atoms with van der Waals surface area (Å²) in [6.07, 6.45) is 6.93. The Hall–Kier alpha value is -0.0400. The molecule has 1 fully saturated rings. The van der Waals surface area contributed by atoms with Crippen LogP contribution in [0.4, 0.5) is 0 Å². The quantitative estimate of drug-likeness (QED) is 0.552. The molecule has 0 spiro atoms. The summed E-state index contributed by atoms with van der Waals surface area (Å²) in [5.41, 5.74) is 0. The molecule has 53 valence electrons. The maximum Gasteiger partial charge on any atom is 0.0610 e. The second kappa shape index (κ2) is 3.21. The van der Waals surface area contributed by atoms with Gasteiger partial charge in [-0.3, -0.25) is 0 Å². The van der Waals surface area contributed by atoms with Gasteiger partial charge in [0.1, 0.15) is 0 Å². The summed E-state index contributed by atoms with van der Waals surface area (Å²) in [6, 6.07) is 0. The van der Waals surface area contributed by atoms with Crippen molar-refractivity contribution < 1.29 is 4.74 Å². The molecule has 0 heterocycles. The molecule has 1 atom stereocenters. The van der Waals surface area contributed by atoms with Gasteiger partial charge in [-0.2, -0.15) is 0 Å². The third-order valence-corrected chi connectivity index (χ3v) is 1.57. The molecule has 9 heavy (non-hydrogen) atoms. The molecule has 0 aromatic rings. The lowest BCUT2D eigenvalue weighted by molar-refractivity contribution is 0.0309. The Kier molecular flexibility index (Phi) is 2.52. The van der Waals surface area contributed by atoms with E-state index >= 15 is 0 Å². The average molecular weight is 127 g/mol. The fourth-order valence-electron chi connectivity index (χ4n) is 1.21. The molecule has 0 bridgehead atoms. The molecule has 0 aliphatic heterocycles. The summed E-state index contributed by atoms with van der Waals surface area (Å²) in [5, 5.41) is 0. The summed E-state index contributed by atoms with van der Waals surface area (Å²) < 4.78 is 5.56. The molecule has 1 rings (SSSR count). The van der Waals surface area contributed by atoms with Crippen molar-refractivity contribution in [1.82, 2.24) is 0 Å². The maximum atomic E-state index is 5.56. The highest BCUT2D eigenvalue weighted by Crippen LogP contribution is 2.20. The van der Waals surface area contributed by atoms with E-state index in [4.69, 9.17) is 4.74 Å². The molecule has 1 nitrogen and oxygen atoms in total. The predicted molar refractivity (Wildman–Crippen MR) is 38.2 cm³/mol. The molecule has 0 saturated heterocycles. The van der Waals surface area contributed by atoms with Crippen molar-refractivity contribution >= 4 is 0 Å². The fourth-order valence-corrected chi connectivity index (χ4v) is 1.21. The second-order valence-electron chi connectivity index (χ2n) is 2.89. The van der Waals surface area contributed by atoms with Crippen LogP contribution >= 0.6 is 0 Å². The number of hydrogen-bond acceptors (Lipinski definition) is 1. The highest BCUT2D eigenvalue weighted by atomic mass is 16.5. The van der Waals surface area contributed by atoms with Gasteiger partial charge in [0.15, 0.2) is 0 Å². The van der Waals surface area contributed by atoms with Crippen molar-refractivity contribution in [1.29, 1.82) is 0 Å². The van der Waals surface area contributed by atoms with E-state index in [1.165, 1.54) is 19.3 Å². The Morgan fingerprint density at radius 3 is 2.78 bits per heavy atom. The molecule has 1 aliphatic carbocycles. The molecule has 1 aliphatic rings. The van der Waals surface area contributed by atoms with E-state index in [9.17, 15) is 0 Å². The van der Waals surface area contributed by atoms with Crippen LogP contribution in [0.2, 0.25) is 0 Å². The Labute approximate surface area is 57.4 Å². The zero-order valence-electron chi connectivity index (χ0n) is 6.26. The lowest BCUT2D eigenvalue weighted by Gasteiger charge is -2.13. The van der Waals surface area contributed by atoms with Crippen molar-refractivity contribution in [2.45, 2.75) is 45.3 Å². The molecule has 1 heteroatoms. The highest BCUT2D eigenvalue weighted by Gasteiger charge is 2.16. The third kappa shape index (κ3) is 2.35. The lowest BCUT2D eigenvalue weighted by Crippen LogP contribution is -2.13. The van der Waals surface area contributed by atoms with Gasteiger partial charge < -0.3 is 4.74 Å². The highest BCUT2D eigenvalue weighted by molar-refractivity contribution is 4.84. The van der Waals surface area contributed by atoms with Crippen LogP contribution in [0.15, 0.2) is 0 Å². The first-order valence-electron chi connectivity index (χ1n) is 3.78. The van der Waals surface area contributed by atoms with Gasteiger partial charge >= 0.3 is 0 Å². The Bertz CT molecular complexity index is 72.6. The standard InChI is InChI=1S/C8H15O/c1-7(2)9-8-5-3-4-6-8/h5,7-8H,3-4,6H2,1-2H3. The van der Waals surface area contributed by atoms with Crippen LogP contribution in [0.1, 0.15) is 33.1 Å². The third-order valence-electron chi connectivity index (χ3n) is 1.57. The van der Waals surface area contributed by atoms with Gasteiger partial charge in [0, 0.05) is 0 Å². The van der Waals surface area contributed by atoms with Gasteiger partial charge in [-0.15, -0.1) is 0 Å². The first-order valence-corrected chi connectivity index (χ1v) is 3.78. The lowest BCUT2D eigenvalue weighted by atomic mass is 10.3. The largest absolute Gasteiger partial charge is 0.375 e. The van der Waals surface area contributed by atoms with Crippen molar-refractivity contribution in [3.05, 3.63) is 6.42 Å². The SMILES string of the molecule is CC(C)OC1[CH]CCC1. The summed E-state index contributed by atoms with van der Waals surface area (Å²) in [5.74, 6) is 0. The smallest absolute Gasteiger partial charge is 0.0610 e. The molecule has 0 aromatic carbocycles. The van der Waals surface area contributed by atoms with Crippen LogP contribution in [-0.4, -0.2) is 12.2 Å². The van der Waals surface area contributed by atoms with Gasteiger partial charge in [-0.05, 0) is 33.1 Å². The van der Waals surface area contributed by atoms with E-state index in [0.717, 1.165) is 0 Å². The molecule has 1 unspecified atom stereocenters. The van der Waals surface area contributed by atoms with Crippen molar-refractivity contribution in [3.8, 4) is 0 Å². The van der Waals surface area contributed by atoms with Crippen molar-refractivity contribution in [2.24, 2.45) is 0 Å². The van der Waals surface area contributed by atoms with E-state index in [1.54, 1.807) is 0 Å². The van der Waals surface area contributed by atoms with Crippen LogP contribution in [0.25, 0.3) is 0 Å². The molecule has 1 radical (unpaired) electrons. The Morgan fingerprint density at radius 1 is 1.56 bits per heavy atom. The van der Waals surface area contributed by atoms with Crippen molar-refractivity contribution in [2.75, 3.05) is 0 Å². The van der Waals surface area contributed by atoms with Gasteiger partial charge in [-0.25, -0.2) is 0 Å². The minimum absolute atomic E-state index is 0.393. The summed E-state index contributed by atoms with van der Waals surface area (Å²) in [6.45, 7) is 4.18. The Morgan fingerprint density at radius 2 is 2.33 bits per heavy atom. The maximum absolute atomic E-state index is 5.56. The summed E-state index contributed by atoms with van der Waals surface area (Å²) in [4.78, 5) is 0. The van der Waals surface area contributed by atoms with Gasteiger partial charge in [0.05, 0.1) is 12.2 Å². The fraction of sp³-hybridized carbons (Fsp3) is 0.875. The van der Waals surface area contributed by atoms with Gasteiger partial charge in [0.2, 0.25) is 0 Å². The first kappa shape index (κ1) is 7.07. The van der Waals surface area contributed by atoms with E-state index in [-0.39, 0.29) is 0 Å². The number of hydrogen-bond donors (Lipinski definition) is 0. The van der Waals surface area contributed by atoms with Crippen LogP contribution < -0.4 is 0 Å². The average Bonchev–Trinajstić information content (AvgIpc) is 2.15.